The minimum absolute atomic E-state index is 0.322. The summed E-state index contributed by atoms with van der Waals surface area (Å²) in [4.78, 5) is 6.72. The molecular weight excluding hydrogens is 254 g/mol. The Labute approximate surface area is 118 Å². The predicted molar refractivity (Wildman–Crippen MR) is 81.8 cm³/mol. The molecule has 0 radical (unpaired) electrons. The summed E-state index contributed by atoms with van der Waals surface area (Å²) in [6.45, 7) is 12.1. The average Bonchev–Trinajstić information content (AvgIpc) is 2.87. The zero-order chi connectivity index (χ0) is 14.0. The summed E-state index contributed by atoms with van der Waals surface area (Å²) in [6.07, 6.45) is 8.09. The molecule has 2 heterocycles. The largest absolute Gasteiger partial charge is 0.212 e. The lowest BCUT2D eigenvalue weighted by Crippen LogP contribution is -1.98. The molecule has 0 fully saturated rings. The fraction of sp³-hybridized carbons (Fsp3) is 0.333. The smallest absolute Gasteiger partial charge is 0.208 e. The number of nitrogens with zero attached hydrogens (tertiary/aromatic N) is 3. The van der Waals surface area contributed by atoms with Crippen molar-refractivity contribution in [1.29, 1.82) is 0 Å². The van der Waals surface area contributed by atoms with Crippen molar-refractivity contribution in [1.82, 2.24) is 14.6 Å². The van der Waals surface area contributed by atoms with Gasteiger partial charge in [-0.1, -0.05) is 49.1 Å². The third-order valence-electron chi connectivity index (χ3n) is 3.12. The van der Waals surface area contributed by atoms with Crippen LogP contribution in [0.4, 0.5) is 0 Å². The van der Waals surface area contributed by atoms with Gasteiger partial charge in [0.05, 0.1) is 5.69 Å². The molecule has 1 atom stereocenters. The summed E-state index contributed by atoms with van der Waals surface area (Å²) >= 11 is 1.71. The maximum Gasteiger partial charge on any atom is 0.212 e. The van der Waals surface area contributed by atoms with Crippen LogP contribution in [0, 0.1) is 13.8 Å². The van der Waals surface area contributed by atoms with Gasteiger partial charge in [-0.25, -0.2) is 9.50 Å². The van der Waals surface area contributed by atoms with Gasteiger partial charge in [0.15, 0.2) is 0 Å². The molecule has 2 aromatic rings. The van der Waals surface area contributed by atoms with Crippen LogP contribution in [0.5, 0.6) is 0 Å². The second kappa shape index (κ2) is 5.53. The highest BCUT2D eigenvalue weighted by Crippen LogP contribution is 2.33. The van der Waals surface area contributed by atoms with Crippen molar-refractivity contribution in [2.75, 3.05) is 0 Å². The van der Waals surface area contributed by atoms with E-state index in [-0.39, 0.29) is 0 Å². The highest BCUT2D eigenvalue weighted by atomic mass is 32.1. The standard InChI is InChI=1S/C15H19N3S/c1-6-8-13(9-7-2)10(3)14-11(4)18-15(19-14)16-12(5)17-18/h6-10H,1H2,2-5H3/b9-7-,13-8+. The van der Waals surface area contributed by atoms with Crippen LogP contribution in [0.2, 0.25) is 0 Å². The third-order valence-corrected chi connectivity index (χ3v) is 4.44. The number of allylic oxidation sites excluding steroid dienone is 5. The number of thiazole rings is 1. The Balaban J connectivity index is 2.48. The number of hydrogen-bond donors (Lipinski definition) is 0. The maximum atomic E-state index is 4.44. The van der Waals surface area contributed by atoms with Gasteiger partial charge in [-0.05, 0) is 26.3 Å². The Kier molecular flexibility index (Phi) is 4.00. The van der Waals surface area contributed by atoms with Gasteiger partial charge < -0.3 is 0 Å². The first kappa shape index (κ1) is 13.7. The number of rotatable bonds is 4. The van der Waals surface area contributed by atoms with Crippen molar-refractivity contribution >= 4 is 16.3 Å². The van der Waals surface area contributed by atoms with Crippen LogP contribution in [-0.2, 0) is 0 Å². The molecule has 0 saturated heterocycles. The first-order valence-corrected chi connectivity index (χ1v) is 7.18. The molecule has 100 valence electrons. The van der Waals surface area contributed by atoms with Gasteiger partial charge in [-0.15, -0.1) is 0 Å². The van der Waals surface area contributed by atoms with Gasteiger partial charge in [0.2, 0.25) is 4.96 Å². The molecule has 1 unspecified atom stereocenters. The molecular formula is C15H19N3S. The molecule has 4 heteroatoms. The van der Waals surface area contributed by atoms with E-state index in [4.69, 9.17) is 0 Å². The Hall–Kier alpha value is -1.68. The second-order valence-corrected chi connectivity index (χ2v) is 5.54. The van der Waals surface area contributed by atoms with E-state index < -0.39 is 0 Å². The summed E-state index contributed by atoms with van der Waals surface area (Å²) in [5, 5.41) is 4.43. The summed E-state index contributed by atoms with van der Waals surface area (Å²) in [6, 6.07) is 0. The van der Waals surface area contributed by atoms with E-state index in [2.05, 4.69) is 48.7 Å². The van der Waals surface area contributed by atoms with E-state index in [9.17, 15) is 0 Å². The Morgan fingerprint density at radius 3 is 2.74 bits per heavy atom. The van der Waals surface area contributed by atoms with E-state index in [0.29, 0.717) is 5.92 Å². The van der Waals surface area contributed by atoms with Gasteiger partial charge in [0, 0.05) is 10.8 Å². The molecule has 19 heavy (non-hydrogen) atoms. The number of hydrogen-bond acceptors (Lipinski definition) is 3. The molecule has 0 spiro atoms. The summed E-state index contributed by atoms with van der Waals surface area (Å²) < 4.78 is 1.94. The van der Waals surface area contributed by atoms with Gasteiger partial charge >= 0.3 is 0 Å². The quantitative estimate of drug-likeness (QED) is 0.781. The topological polar surface area (TPSA) is 30.2 Å². The van der Waals surface area contributed by atoms with Crippen molar-refractivity contribution < 1.29 is 0 Å². The van der Waals surface area contributed by atoms with Crippen LogP contribution >= 0.6 is 11.3 Å². The highest BCUT2D eigenvalue weighted by Gasteiger charge is 2.18. The van der Waals surface area contributed by atoms with Crippen LogP contribution in [0.25, 0.3) is 4.96 Å². The minimum Gasteiger partial charge on any atom is -0.208 e. The fourth-order valence-corrected chi connectivity index (χ4v) is 3.37. The molecule has 0 amide bonds. The normalized spacial score (nSPS) is 14.4. The zero-order valence-corrected chi connectivity index (χ0v) is 12.7. The van der Waals surface area contributed by atoms with Crippen LogP contribution in [0.15, 0.2) is 36.5 Å². The predicted octanol–water partition coefficient (Wildman–Crippen LogP) is 4.20. The van der Waals surface area contributed by atoms with Crippen LogP contribution in [0.1, 0.15) is 36.2 Å². The van der Waals surface area contributed by atoms with E-state index in [1.807, 2.05) is 24.4 Å². The van der Waals surface area contributed by atoms with Crippen LogP contribution < -0.4 is 0 Å². The molecule has 3 nitrogen and oxygen atoms in total. The van der Waals surface area contributed by atoms with E-state index in [0.717, 1.165) is 10.8 Å². The lowest BCUT2D eigenvalue weighted by Gasteiger charge is -2.11. The molecule has 2 rings (SSSR count). The van der Waals surface area contributed by atoms with Gasteiger partial charge in [-0.3, -0.25) is 0 Å². The van der Waals surface area contributed by atoms with Crippen LogP contribution in [-0.4, -0.2) is 14.6 Å². The first-order chi connectivity index (χ1) is 9.08. The Bertz CT molecular complexity index is 658. The summed E-state index contributed by atoms with van der Waals surface area (Å²) in [5.41, 5.74) is 2.43. The van der Waals surface area contributed by atoms with Crippen molar-refractivity contribution in [3.05, 3.63) is 52.9 Å². The van der Waals surface area contributed by atoms with E-state index in [1.54, 1.807) is 11.3 Å². The molecule has 0 aliphatic rings. The SMILES string of the molecule is C=C/C=C(\C=C/C)C(C)c1sc2nc(C)nn2c1C. The van der Waals surface area contributed by atoms with Crippen molar-refractivity contribution in [3.8, 4) is 0 Å². The Morgan fingerprint density at radius 2 is 2.16 bits per heavy atom. The van der Waals surface area contributed by atoms with E-state index in [1.165, 1.54) is 16.1 Å². The number of aryl methyl sites for hydroxylation is 2. The van der Waals surface area contributed by atoms with Crippen molar-refractivity contribution in [3.63, 3.8) is 0 Å². The number of fused-ring (bicyclic) bond motifs is 1. The monoisotopic (exact) mass is 273 g/mol. The fourth-order valence-electron chi connectivity index (χ4n) is 2.18. The highest BCUT2D eigenvalue weighted by molar-refractivity contribution is 7.17. The third kappa shape index (κ3) is 2.54. The average molecular weight is 273 g/mol. The molecule has 2 aromatic heterocycles. The maximum absolute atomic E-state index is 4.44. The lowest BCUT2D eigenvalue weighted by molar-refractivity contribution is 0.859. The minimum atomic E-state index is 0.322. The lowest BCUT2D eigenvalue weighted by atomic mass is 9.97. The molecule has 0 aliphatic heterocycles. The molecule has 0 aromatic carbocycles. The zero-order valence-electron chi connectivity index (χ0n) is 11.8. The number of aromatic nitrogens is 3. The Morgan fingerprint density at radius 1 is 1.42 bits per heavy atom. The molecule has 0 N–H and O–H groups in total. The molecule has 0 bridgehead atoms. The molecule has 0 saturated carbocycles. The van der Waals surface area contributed by atoms with Gasteiger partial charge in [0.1, 0.15) is 5.82 Å². The van der Waals surface area contributed by atoms with E-state index >= 15 is 0 Å². The second-order valence-electron chi connectivity index (χ2n) is 4.53. The first-order valence-electron chi connectivity index (χ1n) is 6.36. The summed E-state index contributed by atoms with van der Waals surface area (Å²) in [7, 11) is 0. The van der Waals surface area contributed by atoms with Crippen LogP contribution in [0.3, 0.4) is 0 Å². The van der Waals surface area contributed by atoms with Crippen molar-refractivity contribution in [2.24, 2.45) is 0 Å². The van der Waals surface area contributed by atoms with Gasteiger partial charge in [0.25, 0.3) is 0 Å². The van der Waals surface area contributed by atoms with Gasteiger partial charge in [-0.2, -0.15) is 5.10 Å². The van der Waals surface area contributed by atoms with Crippen molar-refractivity contribution in [2.45, 2.75) is 33.6 Å². The molecule has 0 aliphatic carbocycles. The summed E-state index contributed by atoms with van der Waals surface area (Å²) in [5.74, 6) is 1.15.